The van der Waals surface area contributed by atoms with Crippen molar-refractivity contribution in [3.05, 3.63) is 30.2 Å². The lowest BCUT2D eigenvalue weighted by Gasteiger charge is -2.26. The minimum Gasteiger partial charge on any atom is -0.461 e. The van der Waals surface area contributed by atoms with Crippen molar-refractivity contribution in [2.75, 3.05) is 26.2 Å². The molecule has 0 saturated carbocycles. The summed E-state index contributed by atoms with van der Waals surface area (Å²) in [5.41, 5.74) is 0.555. The number of piperazine rings is 1. The summed E-state index contributed by atoms with van der Waals surface area (Å²) >= 11 is 0. The Labute approximate surface area is 115 Å². The molecule has 7 heteroatoms. The van der Waals surface area contributed by atoms with Gasteiger partial charge in [0.1, 0.15) is 12.3 Å². The number of hydrogen-bond donors (Lipinski definition) is 1. The molecule has 2 aromatic heterocycles. The van der Waals surface area contributed by atoms with Gasteiger partial charge >= 0.3 is 6.09 Å². The fraction of sp³-hybridized carbons (Fsp3) is 0.385. The monoisotopic (exact) mass is 277 g/mol. The molecule has 1 saturated heterocycles. The minimum absolute atomic E-state index is 0.0902. The molecule has 0 spiro atoms. The standard InChI is InChI=1S/C13H15N3O4/c17-13(16-5-3-14-4-6-16)19-9-10-8-12(20-15-10)11-2-1-7-18-11/h1-2,7-8,14H,3-6,9H2. The minimum atomic E-state index is -0.325. The second-order valence-corrected chi connectivity index (χ2v) is 4.45. The number of carbonyl (C=O) groups excluding carboxylic acids is 1. The molecular formula is C13H15N3O4. The zero-order valence-corrected chi connectivity index (χ0v) is 10.9. The van der Waals surface area contributed by atoms with Gasteiger partial charge in [0.25, 0.3) is 0 Å². The van der Waals surface area contributed by atoms with Gasteiger partial charge in [0.2, 0.25) is 5.76 Å². The molecule has 0 atom stereocenters. The second kappa shape index (κ2) is 5.79. The Kier molecular flexibility index (Phi) is 3.69. The molecular weight excluding hydrogens is 262 g/mol. The van der Waals surface area contributed by atoms with Crippen LogP contribution in [0.4, 0.5) is 4.79 Å². The van der Waals surface area contributed by atoms with Crippen LogP contribution in [0.1, 0.15) is 5.69 Å². The summed E-state index contributed by atoms with van der Waals surface area (Å²) in [7, 11) is 0. The van der Waals surface area contributed by atoms with E-state index in [0.29, 0.717) is 30.3 Å². The molecule has 20 heavy (non-hydrogen) atoms. The fourth-order valence-corrected chi connectivity index (χ4v) is 1.99. The van der Waals surface area contributed by atoms with Gasteiger partial charge in [-0.05, 0) is 12.1 Å². The largest absolute Gasteiger partial charge is 0.461 e. The molecule has 3 rings (SSSR count). The van der Waals surface area contributed by atoms with Crippen LogP contribution in [0.2, 0.25) is 0 Å². The van der Waals surface area contributed by atoms with E-state index >= 15 is 0 Å². The summed E-state index contributed by atoms with van der Waals surface area (Å²) in [6.45, 7) is 3.00. The number of carbonyl (C=O) groups is 1. The van der Waals surface area contributed by atoms with E-state index in [9.17, 15) is 4.79 Å². The highest BCUT2D eigenvalue weighted by molar-refractivity contribution is 5.67. The van der Waals surface area contributed by atoms with E-state index in [4.69, 9.17) is 13.7 Å². The lowest BCUT2D eigenvalue weighted by Crippen LogP contribution is -2.46. The molecule has 2 aromatic rings. The zero-order valence-electron chi connectivity index (χ0n) is 10.9. The molecule has 0 unspecified atom stereocenters. The first kappa shape index (κ1) is 12.7. The average molecular weight is 277 g/mol. The Morgan fingerprint density at radius 1 is 1.40 bits per heavy atom. The smallest absolute Gasteiger partial charge is 0.410 e. The molecule has 0 radical (unpaired) electrons. The van der Waals surface area contributed by atoms with Crippen molar-refractivity contribution < 1.29 is 18.5 Å². The summed E-state index contributed by atoms with van der Waals surface area (Å²) in [5.74, 6) is 1.11. The van der Waals surface area contributed by atoms with Crippen molar-refractivity contribution in [3.8, 4) is 11.5 Å². The van der Waals surface area contributed by atoms with Crippen LogP contribution in [0.3, 0.4) is 0 Å². The van der Waals surface area contributed by atoms with Crippen molar-refractivity contribution >= 4 is 6.09 Å². The fourth-order valence-electron chi connectivity index (χ4n) is 1.99. The SMILES string of the molecule is O=C(OCc1cc(-c2ccco2)on1)N1CCNCC1. The maximum absolute atomic E-state index is 11.8. The number of furan rings is 1. The number of nitrogens with zero attached hydrogens (tertiary/aromatic N) is 2. The molecule has 1 aliphatic heterocycles. The zero-order chi connectivity index (χ0) is 13.8. The number of rotatable bonds is 3. The van der Waals surface area contributed by atoms with Gasteiger partial charge in [-0.1, -0.05) is 5.16 Å². The normalized spacial score (nSPS) is 15.3. The van der Waals surface area contributed by atoms with Gasteiger partial charge in [-0.3, -0.25) is 0 Å². The van der Waals surface area contributed by atoms with Gasteiger partial charge in [-0.2, -0.15) is 0 Å². The molecule has 7 nitrogen and oxygen atoms in total. The molecule has 1 amide bonds. The summed E-state index contributed by atoms with van der Waals surface area (Å²) < 4.78 is 15.5. The van der Waals surface area contributed by atoms with Gasteiger partial charge in [0.15, 0.2) is 5.76 Å². The number of aromatic nitrogens is 1. The Hall–Kier alpha value is -2.28. The van der Waals surface area contributed by atoms with E-state index in [-0.39, 0.29) is 12.7 Å². The van der Waals surface area contributed by atoms with Gasteiger partial charge in [-0.25, -0.2) is 4.79 Å². The van der Waals surface area contributed by atoms with E-state index in [1.807, 2.05) is 0 Å². The second-order valence-electron chi connectivity index (χ2n) is 4.45. The molecule has 3 heterocycles. The first-order valence-corrected chi connectivity index (χ1v) is 6.45. The summed E-state index contributed by atoms with van der Waals surface area (Å²) in [6, 6.07) is 5.24. The van der Waals surface area contributed by atoms with Crippen LogP contribution in [-0.2, 0) is 11.3 Å². The van der Waals surface area contributed by atoms with Crippen LogP contribution in [-0.4, -0.2) is 42.3 Å². The topological polar surface area (TPSA) is 80.7 Å². The van der Waals surface area contributed by atoms with Gasteiger partial charge in [-0.15, -0.1) is 0 Å². The van der Waals surface area contributed by atoms with E-state index in [2.05, 4.69) is 10.5 Å². The van der Waals surface area contributed by atoms with E-state index in [1.165, 1.54) is 0 Å². The van der Waals surface area contributed by atoms with Crippen molar-refractivity contribution in [3.63, 3.8) is 0 Å². The van der Waals surface area contributed by atoms with Crippen LogP contribution >= 0.6 is 0 Å². The first-order chi connectivity index (χ1) is 9.83. The van der Waals surface area contributed by atoms with Crippen molar-refractivity contribution in [1.29, 1.82) is 0 Å². The average Bonchev–Trinajstić information content (AvgIpc) is 3.16. The molecule has 0 aromatic carbocycles. The molecule has 106 valence electrons. The van der Waals surface area contributed by atoms with E-state index < -0.39 is 0 Å². The van der Waals surface area contributed by atoms with Gasteiger partial charge in [0, 0.05) is 32.2 Å². The van der Waals surface area contributed by atoms with E-state index in [0.717, 1.165) is 13.1 Å². The van der Waals surface area contributed by atoms with Crippen LogP contribution in [0.15, 0.2) is 33.4 Å². The Morgan fingerprint density at radius 3 is 3.00 bits per heavy atom. The summed E-state index contributed by atoms with van der Waals surface area (Å²) in [4.78, 5) is 13.5. The third-order valence-corrected chi connectivity index (χ3v) is 3.04. The Bertz CT molecular complexity index is 558. The van der Waals surface area contributed by atoms with Crippen molar-refractivity contribution in [2.45, 2.75) is 6.61 Å². The van der Waals surface area contributed by atoms with Crippen molar-refractivity contribution in [1.82, 2.24) is 15.4 Å². The molecule has 0 bridgehead atoms. The van der Waals surface area contributed by atoms with Crippen LogP contribution in [0, 0.1) is 0 Å². The van der Waals surface area contributed by atoms with Crippen LogP contribution < -0.4 is 5.32 Å². The first-order valence-electron chi connectivity index (χ1n) is 6.45. The summed E-state index contributed by atoms with van der Waals surface area (Å²) in [5, 5.41) is 7.02. The maximum Gasteiger partial charge on any atom is 0.410 e. The Balaban J connectivity index is 1.54. The van der Waals surface area contributed by atoms with Gasteiger partial charge < -0.3 is 23.9 Å². The molecule has 1 N–H and O–H groups in total. The third-order valence-electron chi connectivity index (χ3n) is 3.04. The highest BCUT2D eigenvalue weighted by Gasteiger charge is 2.18. The maximum atomic E-state index is 11.8. The Morgan fingerprint density at radius 2 is 2.25 bits per heavy atom. The van der Waals surface area contributed by atoms with Crippen LogP contribution in [0.5, 0.6) is 0 Å². The number of ether oxygens (including phenoxy) is 1. The lowest BCUT2D eigenvalue weighted by atomic mass is 10.3. The predicted octanol–water partition coefficient (Wildman–Crippen LogP) is 1.48. The van der Waals surface area contributed by atoms with Crippen LogP contribution in [0.25, 0.3) is 11.5 Å². The lowest BCUT2D eigenvalue weighted by molar-refractivity contribution is 0.0899. The number of hydrogen-bond acceptors (Lipinski definition) is 6. The predicted molar refractivity (Wildman–Crippen MR) is 68.8 cm³/mol. The van der Waals surface area contributed by atoms with Gasteiger partial charge in [0.05, 0.1) is 6.26 Å². The van der Waals surface area contributed by atoms with Crippen molar-refractivity contribution in [2.24, 2.45) is 0 Å². The molecule has 1 aliphatic rings. The third kappa shape index (κ3) is 2.83. The number of nitrogens with one attached hydrogen (secondary N) is 1. The molecule has 0 aliphatic carbocycles. The molecule has 1 fully saturated rings. The number of amides is 1. The highest BCUT2D eigenvalue weighted by Crippen LogP contribution is 2.20. The quantitative estimate of drug-likeness (QED) is 0.915. The van der Waals surface area contributed by atoms with E-state index in [1.54, 1.807) is 29.4 Å². The highest BCUT2D eigenvalue weighted by atomic mass is 16.6. The summed E-state index contributed by atoms with van der Waals surface area (Å²) in [6.07, 6.45) is 1.23.